The smallest absolute Gasteiger partial charge is 0.351 e. The molecule has 1 aliphatic heterocycles. The number of hydrogen-bond acceptors (Lipinski definition) is 8. The number of nitrogens with two attached hydrogens (primary N) is 1. The van der Waals surface area contributed by atoms with Crippen LogP contribution in [0, 0.1) is 6.92 Å². The molecule has 0 spiro atoms. The summed E-state index contributed by atoms with van der Waals surface area (Å²) >= 11 is 0. The third-order valence-corrected chi connectivity index (χ3v) is 4.25. The van der Waals surface area contributed by atoms with Crippen LogP contribution in [0.25, 0.3) is 0 Å². The van der Waals surface area contributed by atoms with Gasteiger partial charge in [0.05, 0.1) is 6.61 Å². The van der Waals surface area contributed by atoms with Gasteiger partial charge in [0.15, 0.2) is 12.5 Å². The molecular formula is C18H23N3O6. The molecular weight excluding hydrogens is 354 g/mol. The first-order chi connectivity index (χ1) is 13.0. The Morgan fingerprint density at radius 2 is 1.96 bits per heavy atom. The summed E-state index contributed by atoms with van der Waals surface area (Å²) in [6.07, 6.45) is 0.204. The van der Waals surface area contributed by atoms with Gasteiger partial charge < -0.3 is 29.4 Å². The maximum absolute atomic E-state index is 11.9. The number of aryl methyl sites for hydroxylation is 1. The molecule has 1 aromatic carbocycles. The van der Waals surface area contributed by atoms with E-state index in [-0.39, 0.29) is 19.0 Å². The van der Waals surface area contributed by atoms with Crippen molar-refractivity contribution in [2.45, 2.75) is 25.4 Å². The molecule has 2 heterocycles. The van der Waals surface area contributed by atoms with Crippen molar-refractivity contribution < 1.29 is 23.7 Å². The van der Waals surface area contributed by atoms with Gasteiger partial charge in [-0.05, 0) is 13.0 Å². The lowest BCUT2D eigenvalue weighted by Gasteiger charge is -2.31. The van der Waals surface area contributed by atoms with Gasteiger partial charge in [0.25, 0.3) is 0 Å². The number of nitrogens with zero attached hydrogens (tertiary/aromatic N) is 2. The van der Waals surface area contributed by atoms with Crippen molar-refractivity contribution in [3.05, 3.63) is 58.1 Å². The highest BCUT2D eigenvalue weighted by Crippen LogP contribution is 2.30. The maximum atomic E-state index is 11.9. The molecule has 2 N–H and O–H groups in total. The molecule has 0 unspecified atom stereocenters. The van der Waals surface area contributed by atoms with E-state index in [1.54, 1.807) is 0 Å². The third-order valence-electron chi connectivity index (χ3n) is 4.25. The van der Waals surface area contributed by atoms with Crippen molar-refractivity contribution in [1.82, 2.24) is 9.55 Å². The van der Waals surface area contributed by atoms with E-state index in [2.05, 4.69) is 4.98 Å². The molecule has 9 nitrogen and oxygen atoms in total. The van der Waals surface area contributed by atoms with Crippen molar-refractivity contribution in [2.75, 3.05) is 33.2 Å². The number of nitrogen functional groups attached to an aromatic ring is 1. The summed E-state index contributed by atoms with van der Waals surface area (Å²) in [6.45, 7) is 2.19. The van der Waals surface area contributed by atoms with Gasteiger partial charge in [0, 0.05) is 26.0 Å². The molecule has 1 fully saturated rings. The minimum Gasteiger partial charge on any atom is -0.383 e. The van der Waals surface area contributed by atoms with E-state index in [1.807, 2.05) is 31.2 Å². The van der Waals surface area contributed by atoms with E-state index in [1.165, 1.54) is 31.0 Å². The molecule has 2 aromatic rings. The molecule has 1 aliphatic rings. The molecule has 0 bridgehead atoms. The van der Waals surface area contributed by atoms with Gasteiger partial charge in [-0.2, -0.15) is 4.98 Å². The van der Waals surface area contributed by atoms with Crippen LogP contribution in [-0.4, -0.2) is 43.3 Å². The van der Waals surface area contributed by atoms with Crippen molar-refractivity contribution in [3.8, 4) is 0 Å². The van der Waals surface area contributed by atoms with E-state index in [4.69, 9.17) is 29.4 Å². The van der Waals surface area contributed by atoms with Crippen molar-refractivity contribution in [1.29, 1.82) is 0 Å². The normalized spacial score (nSPS) is 20.1. The van der Waals surface area contributed by atoms with Gasteiger partial charge in [0.2, 0.25) is 0 Å². The fourth-order valence-corrected chi connectivity index (χ4v) is 2.78. The highest BCUT2D eigenvalue weighted by molar-refractivity contribution is 5.24. The highest BCUT2D eigenvalue weighted by Gasteiger charge is 2.37. The minimum atomic E-state index is -1.39. The predicted molar refractivity (Wildman–Crippen MR) is 95.6 cm³/mol. The summed E-state index contributed by atoms with van der Waals surface area (Å²) in [4.78, 5) is 15.6. The predicted octanol–water partition coefficient (Wildman–Crippen LogP) is 1.13. The second-order valence-electron chi connectivity index (χ2n) is 6.04. The van der Waals surface area contributed by atoms with Gasteiger partial charge in [-0.1, -0.05) is 29.8 Å². The first-order valence-electron chi connectivity index (χ1n) is 8.40. The van der Waals surface area contributed by atoms with E-state index < -0.39 is 24.2 Å². The zero-order valence-electron chi connectivity index (χ0n) is 15.5. The Hall–Kier alpha value is -2.30. The lowest BCUT2D eigenvalue weighted by Crippen LogP contribution is -2.37. The molecule has 1 saturated heterocycles. The van der Waals surface area contributed by atoms with Gasteiger partial charge in [-0.3, -0.25) is 4.57 Å². The molecule has 0 aliphatic carbocycles. The Balaban J connectivity index is 1.66. The summed E-state index contributed by atoms with van der Waals surface area (Å²) in [5.41, 5.74) is 6.80. The molecule has 2 atom stereocenters. The van der Waals surface area contributed by atoms with Crippen LogP contribution in [0.3, 0.4) is 0 Å². The summed E-state index contributed by atoms with van der Waals surface area (Å²) in [6, 6.07) is 9.12. The number of hydrogen-bond donors (Lipinski definition) is 1. The fourth-order valence-electron chi connectivity index (χ4n) is 2.78. The number of rotatable bonds is 7. The minimum absolute atomic E-state index is 0.0310. The molecule has 3 rings (SSSR count). The van der Waals surface area contributed by atoms with Crippen LogP contribution in [-0.2, 0) is 29.7 Å². The van der Waals surface area contributed by atoms with Crippen LogP contribution in [0.5, 0.6) is 0 Å². The van der Waals surface area contributed by atoms with Gasteiger partial charge in [-0.15, -0.1) is 0 Å². The molecule has 0 amide bonds. The average Bonchev–Trinajstić information content (AvgIpc) is 3.13. The zero-order valence-corrected chi connectivity index (χ0v) is 15.5. The van der Waals surface area contributed by atoms with Crippen LogP contribution in [0.1, 0.15) is 17.4 Å². The zero-order chi connectivity index (χ0) is 19.4. The summed E-state index contributed by atoms with van der Waals surface area (Å²) in [5, 5.41) is 0. The third kappa shape index (κ3) is 4.18. The Morgan fingerprint density at radius 1 is 1.26 bits per heavy atom. The summed E-state index contributed by atoms with van der Waals surface area (Å²) in [5.74, 6) is -1.24. The Morgan fingerprint density at radius 3 is 2.59 bits per heavy atom. The SMILES string of the molecule is COC(OC)(OC[C@H]1OC[C@@H](n2ccc(N)nc2=O)O1)c1ccc(C)cc1. The highest BCUT2D eigenvalue weighted by atomic mass is 16.9. The number of benzene rings is 1. The monoisotopic (exact) mass is 377 g/mol. The second kappa shape index (κ2) is 8.15. The largest absolute Gasteiger partial charge is 0.383 e. The molecule has 9 heteroatoms. The number of anilines is 1. The quantitative estimate of drug-likeness (QED) is 0.716. The molecule has 146 valence electrons. The van der Waals surface area contributed by atoms with Gasteiger partial charge >= 0.3 is 11.7 Å². The van der Waals surface area contributed by atoms with E-state index in [0.29, 0.717) is 5.56 Å². The topological polar surface area (TPSA) is 107 Å². The maximum Gasteiger partial charge on any atom is 0.351 e. The fraction of sp³-hybridized carbons (Fsp3) is 0.444. The van der Waals surface area contributed by atoms with Crippen LogP contribution < -0.4 is 11.4 Å². The summed E-state index contributed by atoms with van der Waals surface area (Å²) < 4.78 is 29.4. The van der Waals surface area contributed by atoms with Crippen molar-refractivity contribution in [3.63, 3.8) is 0 Å². The molecule has 1 aromatic heterocycles. The van der Waals surface area contributed by atoms with Gasteiger partial charge in [-0.25, -0.2) is 4.79 Å². The van der Waals surface area contributed by atoms with Gasteiger partial charge in [0.1, 0.15) is 12.4 Å². The lowest BCUT2D eigenvalue weighted by molar-refractivity contribution is -0.384. The molecule has 27 heavy (non-hydrogen) atoms. The van der Waals surface area contributed by atoms with E-state index in [0.717, 1.165) is 5.56 Å². The Labute approximate surface area is 156 Å². The lowest BCUT2D eigenvalue weighted by atomic mass is 10.1. The standard InChI is InChI=1S/C18H23N3O6/c1-12-4-6-13(7-5-12)18(23-2,24-3)26-11-16-25-10-15(27-16)21-9-8-14(19)20-17(21)22/h4-9,15-16H,10-11H2,1-3H3,(H2,19,20,22)/t15-,16-/m0/s1. The Bertz CT molecular complexity index is 819. The Kier molecular flexibility index (Phi) is 5.88. The van der Waals surface area contributed by atoms with Crippen molar-refractivity contribution in [2.24, 2.45) is 0 Å². The first kappa shape index (κ1) is 19.5. The first-order valence-corrected chi connectivity index (χ1v) is 8.40. The van der Waals surface area contributed by atoms with Crippen LogP contribution in [0.15, 0.2) is 41.3 Å². The number of methoxy groups -OCH3 is 2. The summed E-state index contributed by atoms with van der Waals surface area (Å²) in [7, 11) is 2.98. The second-order valence-corrected chi connectivity index (χ2v) is 6.04. The number of ether oxygens (including phenoxy) is 5. The average molecular weight is 377 g/mol. The van der Waals surface area contributed by atoms with Crippen molar-refractivity contribution >= 4 is 5.82 Å². The van der Waals surface area contributed by atoms with Crippen LogP contribution >= 0.6 is 0 Å². The van der Waals surface area contributed by atoms with Crippen LogP contribution in [0.2, 0.25) is 0 Å². The van der Waals surface area contributed by atoms with Crippen LogP contribution in [0.4, 0.5) is 5.82 Å². The molecule has 0 saturated carbocycles. The van der Waals surface area contributed by atoms with E-state index in [9.17, 15) is 4.79 Å². The number of aromatic nitrogens is 2. The van der Waals surface area contributed by atoms with E-state index >= 15 is 0 Å². The molecule has 0 radical (unpaired) electrons.